The number of hydrogen-bond donors (Lipinski definition) is 2. The van der Waals surface area contributed by atoms with E-state index in [9.17, 15) is 14.0 Å². The van der Waals surface area contributed by atoms with Gasteiger partial charge in [0.25, 0.3) is 11.8 Å². The topological polar surface area (TPSA) is 94.5 Å². The molecule has 1 aliphatic heterocycles. The first-order valence-corrected chi connectivity index (χ1v) is 11.8. The summed E-state index contributed by atoms with van der Waals surface area (Å²) in [5.41, 5.74) is 2.40. The zero-order valence-electron chi connectivity index (χ0n) is 17.4. The number of nitrogens with zero attached hydrogens (tertiary/aromatic N) is 2. The summed E-state index contributed by atoms with van der Waals surface area (Å²) in [4.78, 5) is 29.7. The third-order valence-electron chi connectivity index (χ3n) is 4.86. The molecule has 1 aromatic carbocycles. The van der Waals surface area contributed by atoms with Crippen LogP contribution in [0.2, 0.25) is 0 Å². The summed E-state index contributed by atoms with van der Waals surface area (Å²) >= 11 is 2.66. The molecule has 0 saturated heterocycles. The van der Waals surface area contributed by atoms with Crippen LogP contribution in [0.5, 0.6) is 5.75 Å². The first kappa shape index (κ1) is 22.3. The summed E-state index contributed by atoms with van der Waals surface area (Å²) in [6, 6.07) is 3.98. The predicted octanol–water partition coefficient (Wildman–Crippen LogP) is 3.20. The van der Waals surface area contributed by atoms with Gasteiger partial charge in [-0.3, -0.25) is 13.6 Å². The van der Waals surface area contributed by atoms with Crippen molar-refractivity contribution in [3.8, 4) is 17.0 Å². The number of anilines is 1. The standard InChI is InChI=1S/C21H21FN4O4S2/c1-29-10-16(23-19(27)13-3-5-26(9-13)31-2)20(28)25-21-24-17(11-32-21)14-7-12-4-6-30-18(12)15(22)8-14/h3,5,7-9,11,16H,4,6,10H2,1-2H3,(H,23,27)(H,24,25,28). The van der Waals surface area contributed by atoms with E-state index >= 15 is 0 Å². The van der Waals surface area contributed by atoms with Gasteiger partial charge in [0.15, 0.2) is 16.7 Å². The lowest BCUT2D eigenvalue weighted by Gasteiger charge is -2.16. The zero-order valence-corrected chi connectivity index (χ0v) is 19.0. The van der Waals surface area contributed by atoms with Crippen molar-refractivity contribution in [1.29, 1.82) is 0 Å². The Morgan fingerprint density at radius 2 is 2.28 bits per heavy atom. The van der Waals surface area contributed by atoms with Gasteiger partial charge in [0, 0.05) is 48.7 Å². The second kappa shape index (κ2) is 9.72. The lowest BCUT2D eigenvalue weighted by Crippen LogP contribution is -2.46. The molecule has 1 unspecified atom stereocenters. The lowest BCUT2D eigenvalue weighted by molar-refractivity contribution is -0.119. The molecular formula is C21H21FN4O4S2. The van der Waals surface area contributed by atoms with Crippen LogP contribution in [0.1, 0.15) is 15.9 Å². The van der Waals surface area contributed by atoms with Gasteiger partial charge in [-0.2, -0.15) is 0 Å². The molecule has 3 heterocycles. The van der Waals surface area contributed by atoms with Gasteiger partial charge in [-0.15, -0.1) is 11.3 Å². The number of carbonyl (C=O) groups is 2. The van der Waals surface area contributed by atoms with Gasteiger partial charge in [-0.05, 0) is 30.1 Å². The van der Waals surface area contributed by atoms with Crippen LogP contribution in [0.3, 0.4) is 0 Å². The number of ether oxygens (including phenoxy) is 2. The maximum absolute atomic E-state index is 14.3. The summed E-state index contributed by atoms with van der Waals surface area (Å²) in [6.45, 7) is 0.456. The van der Waals surface area contributed by atoms with Gasteiger partial charge in [0.1, 0.15) is 6.04 Å². The first-order valence-electron chi connectivity index (χ1n) is 9.72. The normalized spacial score (nSPS) is 13.3. The van der Waals surface area contributed by atoms with E-state index < -0.39 is 17.8 Å². The molecule has 2 aromatic heterocycles. The van der Waals surface area contributed by atoms with Crippen molar-refractivity contribution < 1.29 is 23.5 Å². The Morgan fingerprint density at radius 3 is 3.03 bits per heavy atom. The lowest BCUT2D eigenvalue weighted by atomic mass is 10.1. The molecule has 11 heteroatoms. The van der Waals surface area contributed by atoms with Gasteiger partial charge in [-0.1, -0.05) is 0 Å². The van der Waals surface area contributed by atoms with Gasteiger partial charge >= 0.3 is 0 Å². The SMILES string of the molecule is COCC(NC(=O)c1ccn(SC)c1)C(=O)Nc1nc(-c2cc(F)c3c(c2)CCO3)cs1. The molecule has 32 heavy (non-hydrogen) atoms. The highest BCUT2D eigenvalue weighted by Gasteiger charge is 2.24. The van der Waals surface area contributed by atoms with E-state index in [-0.39, 0.29) is 12.5 Å². The molecular weight excluding hydrogens is 455 g/mol. The number of aromatic nitrogens is 2. The van der Waals surface area contributed by atoms with Crippen molar-refractivity contribution in [3.63, 3.8) is 0 Å². The van der Waals surface area contributed by atoms with Crippen LogP contribution in [0.4, 0.5) is 9.52 Å². The average molecular weight is 477 g/mol. The number of methoxy groups -OCH3 is 1. The minimum absolute atomic E-state index is 0.00489. The van der Waals surface area contributed by atoms with Crippen LogP contribution in [0.25, 0.3) is 11.3 Å². The van der Waals surface area contributed by atoms with Crippen molar-refractivity contribution in [3.05, 3.63) is 52.9 Å². The highest BCUT2D eigenvalue weighted by Crippen LogP contribution is 2.34. The summed E-state index contributed by atoms with van der Waals surface area (Å²) in [5, 5.41) is 7.46. The second-order valence-corrected chi connectivity index (χ2v) is 8.64. The zero-order chi connectivity index (χ0) is 22.7. The molecule has 1 atom stereocenters. The second-order valence-electron chi connectivity index (χ2n) is 7.00. The molecule has 0 spiro atoms. The molecule has 3 aromatic rings. The Hall–Kier alpha value is -2.89. The number of fused-ring (bicyclic) bond motifs is 1. The van der Waals surface area contributed by atoms with E-state index in [0.717, 1.165) is 5.56 Å². The van der Waals surface area contributed by atoms with Gasteiger partial charge in [-0.25, -0.2) is 9.37 Å². The van der Waals surface area contributed by atoms with E-state index in [1.54, 1.807) is 27.8 Å². The Bertz CT molecular complexity index is 1150. The van der Waals surface area contributed by atoms with Gasteiger partial charge in [0.2, 0.25) is 0 Å². The molecule has 0 radical (unpaired) electrons. The Kier molecular flexibility index (Phi) is 6.77. The van der Waals surface area contributed by atoms with Crippen LogP contribution in [-0.2, 0) is 16.0 Å². The van der Waals surface area contributed by atoms with Crippen molar-refractivity contribution in [2.24, 2.45) is 0 Å². The highest BCUT2D eigenvalue weighted by atomic mass is 32.2. The highest BCUT2D eigenvalue weighted by molar-refractivity contribution is 7.97. The number of halogens is 1. The van der Waals surface area contributed by atoms with Crippen molar-refractivity contribution in [2.45, 2.75) is 12.5 Å². The monoisotopic (exact) mass is 476 g/mol. The largest absolute Gasteiger partial charge is 0.490 e. The maximum Gasteiger partial charge on any atom is 0.253 e. The number of thiazole rings is 1. The van der Waals surface area contributed by atoms with E-state index in [2.05, 4.69) is 15.6 Å². The predicted molar refractivity (Wildman–Crippen MR) is 122 cm³/mol. The fraction of sp³-hybridized carbons (Fsp3) is 0.286. The molecule has 0 bridgehead atoms. The fourth-order valence-corrected chi connectivity index (χ4v) is 4.40. The molecule has 0 fully saturated rings. The average Bonchev–Trinajstić information content (AvgIpc) is 3.53. The smallest absolute Gasteiger partial charge is 0.253 e. The van der Waals surface area contributed by atoms with Crippen LogP contribution in [0.15, 0.2) is 36.0 Å². The number of carbonyl (C=O) groups excluding carboxylic acids is 2. The first-order chi connectivity index (χ1) is 15.5. The number of rotatable bonds is 8. The van der Waals surface area contributed by atoms with Crippen molar-refractivity contribution in [2.75, 3.05) is 31.9 Å². The van der Waals surface area contributed by atoms with Crippen LogP contribution >= 0.6 is 23.3 Å². The molecule has 0 aliphatic carbocycles. The van der Waals surface area contributed by atoms with Gasteiger partial charge < -0.3 is 20.1 Å². The summed E-state index contributed by atoms with van der Waals surface area (Å²) in [7, 11) is 1.45. The maximum atomic E-state index is 14.3. The minimum atomic E-state index is -0.910. The number of benzene rings is 1. The summed E-state index contributed by atoms with van der Waals surface area (Å²) in [6.07, 6.45) is 5.97. The molecule has 2 amide bonds. The van der Waals surface area contributed by atoms with Crippen LogP contribution < -0.4 is 15.4 Å². The van der Waals surface area contributed by atoms with E-state index in [0.29, 0.717) is 40.7 Å². The van der Waals surface area contributed by atoms with E-state index in [4.69, 9.17) is 9.47 Å². The Morgan fingerprint density at radius 1 is 1.44 bits per heavy atom. The molecule has 8 nitrogen and oxygen atoms in total. The minimum Gasteiger partial charge on any atom is -0.490 e. The summed E-state index contributed by atoms with van der Waals surface area (Å²) in [5.74, 6) is -0.972. The molecule has 0 saturated carbocycles. The van der Waals surface area contributed by atoms with Crippen LogP contribution in [0, 0.1) is 5.82 Å². The Labute approximate surface area is 192 Å². The van der Waals surface area contributed by atoms with E-state index in [1.165, 1.54) is 36.5 Å². The summed E-state index contributed by atoms with van der Waals surface area (Å²) < 4.78 is 26.4. The van der Waals surface area contributed by atoms with Crippen LogP contribution in [-0.4, -0.2) is 53.4 Å². The third-order valence-corrected chi connectivity index (χ3v) is 6.27. The Balaban J connectivity index is 1.44. The van der Waals surface area contributed by atoms with Crippen molar-refractivity contribution >= 4 is 40.2 Å². The van der Waals surface area contributed by atoms with Crippen molar-refractivity contribution in [1.82, 2.24) is 14.3 Å². The quantitative estimate of drug-likeness (QED) is 0.519. The number of amides is 2. The van der Waals surface area contributed by atoms with E-state index in [1.807, 2.05) is 12.3 Å². The number of hydrogen-bond acceptors (Lipinski definition) is 7. The molecule has 4 rings (SSSR count). The fourth-order valence-electron chi connectivity index (χ4n) is 3.28. The molecule has 1 aliphatic rings. The molecule has 168 valence electrons. The van der Waals surface area contributed by atoms with Gasteiger partial charge in [0.05, 0.1) is 24.5 Å². The third kappa shape index (κ3) is 4.79. The molecule has 2 N–H and O–H groups in total. The number of nitrogens with one attached hydrogen (secondary N) is 2.